The quantitative estimate of drug-likeness (QED) is 0.644. The van der Waals surface area contributed by atoms with Gasteiger partial charge in [0.1, 0.15) is 18.2 Å². The number of rotatable bonds is 6. The molecule has 1 N–H and O–H groups in total. The van der Waals surface area contributed by atoms with Gasteiger partial charge in [-0.05, 0) is 55.5 Å². The van der Waals surface area contributed by atoms with Crippen LogP contribution in [0, 0.1) is 11.6 Å². The zero-order valence-electron chi connectivity index (χ0n) is 14.3. The summed E-state index contributed by atoms with van der Waals surface area (Å²) in [5.41, 5.74) is 1.05. The molecular formula is C20H15F2NO4. The van der Waals surface area contributed by atoms with E-state index in [4.69, 9.17) is 9.15 Å². The van der Waals surface area contributed by atoms with Crippen LogP contribution in [0.2, 0.25) is 0 Å². The van der Waals surface area contributed by atoms with E-state index in [0.717, 1.165) is 6.07 Å². The lowest BCUT2D eigenvalue weighted by Crippen LogP contribution is -2.11. The van der Waals surface area contributed by atoms with Crippen LogP contribution in [0.25, 0.3) is 0 Å². The van der Waals surface area contributed by atoms with Gasteiger partial charge < -0.3 is 14.5 Å². The summed E-state index contributed by atoms with van der Waals surface area (Å²) in [5, 5.41) is 2.64. The Morgan fingerprint density at radius 2 is 1.78 bits per heavy atom. The zero-order chi connectivity index (χ0) is 19.4. The molecule has 0 fully saturated rings. The minimum absolute atomic E-state index is 0.0452. The molecule has 1 aromatic heterocycles. The van der Waals surface area contributed by atoms with Crippen LogP contribution in [0.1, 0.15) is 33.6 Å². The molecule has 3 rings (SSSR count). The summed E-state index contributed by atoms with van der Waals surface area (Å²) in [6, 6.07) is 12.4. The standard InChI is InChI=1S/C20H15F2NO4/c1-12(24)13-2-5-15(6-3-13)23-20(25)19-9-7-16(27-19)11-26-18-8-4-14(21)10-17(18)22/h2-10H,11H2,1H3,(H,23,25). The monoisotopic (exact) mass is 371 g/mol. The van der Waals surface area contributed by atoms with Gasteiger partial charge in [0.25, 0.3) is 5.91 Å². The van der Waals surface area contributed by atoms with E-state index in [1.165, 1.54) is 25.1 Å². The number of ether oxygens (including phenoxy) is 1. The Morgan fingerprint density at radius 1 is 1.04 bits per heavy atom. The first kappa shape index (κ1) is 18.3. The van der Waals surface area contributed by atoms with Crippen LogP contribution in [-0.2, 0) is 6.61 Å². The predicted octanol–water partition coefficient (Wildman–Crippen LogP) is 4.59. The number of hydrogen-bond donors (Lipinski definition) is 1. The number of Topliss-reactive ketones (excluding diaryl/α,β-unsaturated/α-hetero) is 1. The van der Waals surface area contributed by atoms with Gasteiger partial charge in [-0.2, -0.15) is 0 Å². The van der Waals surface area contributed by atoms with Gasteiger partial charge in [0.15, 0.2) is 23.1 Å². The fourth-order valence-electron chi connectivity index (χ4n) is 2.30. The molecule has 0 spiro atoms. The Balaban J connectivity index is 1.61. The smallest absolute Gasteiger partial charge is 0.291 e. The van der Waals surface area contributed by atoms with Crippen molar-refractivity contribution in [2.75, 3.05) is 5.32 Å². The Kier molecular flexibility index (Phi) is 5.30. The van der Waals surface area contributed by atoms with Crippen molar-refractivity contribution in [1.82, 2.24) is 0 Å². The number of furan rings is 1. The first-order valence-corrected chi connectivity index (χ1v) is 8.01. The van der Waals surface area contributed by atoms with Crippen molar-refractivity contribution >= 4 is 17.4 Å². The number of carbonyl (C=O) groups is 2. The third kappa shape index (κ3) is 4.58. The van der Waals surface area contributed by atoms with Gasteiger partial charge >= 0.3 is 0 Å². The highest BCUT2D eigenvalue weighted by atomic mass is 19.1. The van der Waals surface area contributed by atoms with Crippen molar-refractivity contribution in [3.8, 4) is 5.75 Å². The minimum Gasteiger partial charge on any atom is -0.483 e. The second-order valence-electron chi connectivity index (χ2n) is 5.72. The predicted molar refractivity (Wildman–Crippen MR) is 93.8 cm³/mol. The molecule has 7 heteroatoms. The summed E-state index contributed by atoms with van der Waals surface area (Å²) in [6.45, 7) is 1.33. The molecule has 27 heavy (non-hydrogen) atoms. The third-order valence-corrected chi connectivity index (χ3v) is 3.70. The van der Waals surface area contributed by atoms with E-state index in [9.17, 15) is 18.4 Å². The van der Waals surface area contributed by atoms with Gasteiger partial charge in [0, 0.05) is 17.3 Å². The molecule has 0 saturated carbocycles. The summed E-state index contributed by atoms with van der Waals surface area (Å²) < 4.78 is 37.0. The number of hydrogen-bond acceptors (Lipinski definition) is 4. The van der Waals surface area contributed by atoms with E-state index in [2.05, 4.69) is 5.32 Å². The zero-order valence-corrected chi connectivity index (χ0v) is 14.3. The Bertz CT molecular complexity index is 980. The molecule has 0 radical (unpaired) electrons. The topological polar surface area (TPSA) is 68.5 Å². The first-order chi connectivity index (χ1) is 12.9. The molecule has 5 nitrogen and oxygen atoms in total. The molecule has 0 bridgehead atoms. The lowest BCUT2D eigenvalue weighted by atomic mass is 10.1. The molecule has 1 heterocycles. The van der Waals surface area contributed by atoms with Gasteiger partial charge in [-0.25, -0.2) is 8.78 Å². The van der Waals surface area contributed by atoms with Crippen LogP contribution in [0.3, 0.4) is 0 Å². The number of nitrogens with one attached hydrogen (secondary N) is 1. The van der Waals surface area contributed by atoms with Crippen molar-refractivity contribution < 1.29 is 27.5 Å². The van der Waals surface area contributed by atoms with E-state index in [1.54, 1.807) is 24.3 Å². The highest BCUT2D eigenvalue weighted by Gasteiger charge is 2.13. The largest absolute Gasteiger partial charge is 0.483 e. The molecule has 0 atom stereocenters. The molecule has 0 aliphatic carbocycles. The minimum atomic E-state index is -0.825. The van der Waals surface area contributed by atoms with E-state index in [1.807, 2.05) is 0 Å². The second-order valence-corrected chi connectivity index (χ2v) is 5.72. The number of amides is 1. The van der Waals surface area contributed by atoms with Crippen molar-refractivity contribution in [2.24, 2.45) is 0 Å². The highest BCUT2D eigenvalue weighted by molar-refractivity contribution is 6.02. The van der Waals surface area contributed by atoms with E-state index in [-0.39, 0.29) is 23.9 Å². The van der Waals surface area contributed by atoms with Gasteiger partial charge in [-0.1, -0.05) is 0 Å². The number of ketones is 1. The van der Waals surface area contributed by atoms with E-state index >= 15 is 0 Å². The van der Waals surface area contributed by atoms with Crippen molar-refractivity contribution in [1.29, 1.82) is 0 Å². The summed E-state index contributed by atoms with van der Waals surface area (Å²) in [5.74, 6) is -1.85. The summed E-state index contributed by atoms with van der Waals surface area (Å²) >= 11 is 0. The van der Waals surface area contributed by atoms with Crippen molar-refractivity contribution in [3.05, 3.63) is 83.3 Å². The third-order valence-electron chi connectivity index (χ3n) is 3.70. The van der Waals surface area contributed by atoms with Crippen LogP contribution in [0.4, 0.5) is 14.5 Å². The second kappa shape index (κ2) is 7.82. The number of benzene rings is 2. The van der Waals surface area contributed by atoms with E-state index < -0.39 is 17.5 Å². The molecule has 0 unspecified atom stereocenters. The molecule has 3 aromatic rings. The van der Waals surface area contributed by atoms with Gasteiger partial charge in [0.05, 0.1) is 0 Å². The SMILES string of the molecule is CC(=O)c1ccc(NC(=O)c2ccc(COc3ccc(F)cc3F)o2)cc1. The highest BCUT2D eigenvalue weighted by Crippen LogP contribution is 2.20. The molecule has 0 aliphatic rings. The van der Waals surface area contributed by atoms with Crippen molar-refractivity contribution in [3.63, 3.8) is 0 Å². The van der Waals surface area contributed by atoms with Gasteiger partial charge in [0.2, 0.25) is 0 Å². The lowest BCUT2D eigenvalue weighted by molar-refractivity contribution is 0.0990. The van der Waals surface area contributed by atoms with Crippen LogP contribution < -0.4 is 10.1 Å². The summed E-state index contributed by atoms with van der Waals surface area (Å²) in [4.78, 5) is 23.4. The molecular weight excluding hydrogens is 356 g/mol. The Labute approximate surface area is 153 Å². The fourth-order valence-corrected chi connectivity index (χ4v) is 2.30. The average molecular weight is 371 g/mol. The molecule has 0 saturated heterocycles. The molecule has 138 valence electrons. The molecule has 0 aliphatic heterocycles. The first-order valence-electron chi connectivity index (χ1n) is 8.01. The maximum atomic E-state index is 13.5. The summed E-state index contributed by atoms with van der Waals surface area (Å²) in [7, 11) is 0. The van der Waals surface area contributed by atoms with Gasteiger partial charge in [-0.3, -0.25) is 9.59 Å². The van der Waals surface area contributed by atoms with E-state index in [0.29, 0.717) is 23.1 Å². The average Bonchev–Trinajstić information content (AvgIpc) is 3.10. The maximum Gasteiger partial charge on any atom is 0.291 e. The normalized spacial score (nSPS) is 10.5. The fraction of sp³-hybridized carbons (Fsp3) is 0.100. The van der Waals surface area contributed by atoms with Crippen LogP contribution in [0.15, 0.2) is 59.0 Å². The van der Waals surface area contributed by atoms with Crippen LogP contribution in [-0.4, -0.2) is 11.7 Å². The molecule has 2 aromatic carbocycles. The number of halogens is 2. The van der Waals surface area contributed by atoms with Crippen LogP contribution in [0.5, 0.6) is 5.75 Å². The Hall–Kier alpha value is -3.48. The number of anilines is 1. The summed E-state index contributed by atoms with van der Waals surface area (Å²) in [6.07, 6.45) is 0. The Morgan fingerprint density at radius 3 is 2.44 bits per heavy atom. The van der Waals surface area contributed by atoms with Gasteiger partial charge in [-0.15, -0.1) is 0 Å². The maximum absolute atomic E-state index is 13.5. The molecule has 1 amide bonds. The number of carbonyl (C=O) groups excluding carboxylic acids is 2. The van der Waals surface area contributed by atoms with Crippen LogP contribution >= 0.6 is 0 Å². The van der Waals surface area contributed by atoms with Crippen molar-refractivity contribution in [2.45, 2.75) is 13.5 Å². The lowest BCUT2D eigenvalue weighted by Gasteiger charge is -2.06.